The lowest BCUT2D eigenvalue weighted by Crippen LogP contribution is -2.45. The summed E-state index contributed by atoms with van der Waals surface area (Å²) in [5, 5.41) is 3.35. The molecule has 4 nitrogen and oxygen atoms in total. The van der Waals surface area contributed by atoms with E-state index in [1.54, 1.807) is 12.1 Å². The zero-order valence-corrected chi connectivity index (χ0v) is 14.1. The number of halogens is 4. The van der Waals surface area contributed by atoms with E-state index in [2.05, 4.69) is 19.7 Å². The molecule has 4 rings (SSSR count). The van der Waals surface area contributed by atoms with Crippen LogP contribution in [0.5, 0.6) is 11.5 Å². The Morgan fingerprint density at radius 3 is 2.39 bits per heavy atom. The third-order valence-corrected chi connectivity index (χ3v) is 4.38. The van der Waals surface area contributed by atoms with Gasteiger partial charge in [-0.1, -0.05) is 6.07 Å². The van der Waals surface area contributed by atoms with Gasteiger partial charge in [-0.3, -0.25) is 4.90 Å². The first-order chi connectivity index (χ1) is 10.1. The Hall–Kier alpha value is -0.820. The van der Waals surface area contributed by atoms with Crippen molar-refractivity contribution < 1.29 is 18.3 Å². The van der Waals surface area contributed by atoms with Crippen molar-refractivity contribution in [1.82, 2.24) is 10.2 Å². The van der Waals surface area contributed by atoms with E-state index in [9.17, 15) is 8.78 Å². The van der Waals surface area contributed by atoms with Crippen molar-refractivity contribution in [3.05, 3.63) is 23.8 Å². The second kappa shape index (κ2) is 6.97. The number of benzene rings is 1. The molecule has 2 fully saturated rings. The molecule has 1 aromatic carbocycles. The summed E-state index contributed by atoms with van der Waals surface area (Å²) in [6, 6.07) is 5.52. The highest BCUT2D eigenvalue weighted by molar-refractivity contribution is 5.85. The lowest BCUT2D eigenvalue weighted by atomic mass is 9.99. The Labute approximate surface area is 146 Å². The van der Waals surface area contributed by atoms with Crippen molar-refractivity contribution in [1.29, 1.82) is 0 Å². The fraction of sp³-hybridized carbons (Fsp3) is 0.600. The van der Waals surface area contributed by atoms with Crippen LogP contribution in [0.3, 0.4) is 0 Å². The van der Waals surface area contributed by atoms with Gasteiger partial charge in [-0.2, -0.15) is 0 Å². The molecule has 130 valence electrons. The summed E-state index contributed by atoms with van der Waals surface area (Å²) in [5.74, 6) is 0.904. The molecule has 23 heavy (non-hydrogen) atoms. The predicted molar refractivity (Wildman–Crippen MR) is 87.0 cm³/mol. The predicted octanol–water partition coefficient (Wildman–Crippen LogP) is 3.21. The van der Waals surface area contributed by atoms with Crippen molar-refractivity contribution in [2.45, 2.75) is 25.2 Å². The molecular weight excluding hydrogens is 349 g/mol. The van der Waals surface area contributed by atoms with Crippen LogP contribution >= 0.6 is 24.8 Å². The second-order valence-corrected chi connectivity index (χ2v) is 5.94. The SMILES string of the molecule is Cl.Cl.FC1(F)Oc2ccc([C@@H](C3CC3)N3CCNCC3)cc2O1. The highest BCUT2D eigenvalue weighted by Crippen LogP contribution is 2.48. The van der Waals surface area contributed by atoms with Crippen LogP contribution in [0.2, 0.25) is 0 Å². The molecule has 1 atom stereocenters. The van der Waals surface area contributed by atoms with Gasteiger partial charge in [0.1, 0.15) is 0 Å². The molecule has 1 N–H and O–H groups in total. The van der Waals surface area contributed by atoms with Crippen LogP contribution in [0.25, 0.3) is 0 Å². The zero-order valence-electron chi connectivity index (χ0n) is 12.5. The zero-order chi connectivity index (χ0) is 14.4. The molecule has 2 heterocycles. The Kier molecular flexibility index (Phi) is 5.61. The number of rotatable bonds is 3. The van der Waals surface area contributed by atoms with E-state index < -0.39 is 6.29 Å². The largest absolute Gasteiger partial charge is 0.586 e. The molecule has 2 aliphatic heterocycles. The minimum atomic E-state index is -3.54. The smallest absolute Gasteiger partial charge is 0.395 e. The maximum absolute atomic E-state index is 13.1. The lowest BCUT2D eigenvalue weighted by molar-refractivity contribution is -0.286. The molecular formula is C15H20Cl2F2N2O2. The molecule has 3 aliphatic rings. The Morgan fingerprint density at radius 1 is 1.09 bits per heavy atom. The summed E-state index contributed by atoms with van der Waals surface area (Å²) in [4.78, 5) is 2.45. The molecule has 0 spiro atoms. The van der Waals surface area contributed by atoms with E-state index in [4.69, 9.17) is 0 Å². The summed E-state index contributed by atoms with van der Waals surface area (Å²) in [6.45, 7) is 3.94. The van der Waals surface area contributed by atoms with Crippen molar-refractivity contribution in [3.63, 3.8) is 0 Å². The minimum absolute atomic E-state index is 0. The van der Waals surface area contributed by atoms with E-state index in [1.165, 1.54) is 12.8 Å². The van der Waals surface area contributed by atoms with E-state index >= 15 is 0 Å². The van der Waals surface area contributed by atoms with Crippen LogP contribution < -0.4 is 14.8 Å². The number of nitrogens with one attached hydrogen (secondary N) is 1. The third-order valence-electron chi connectivity index (χ3n) is 4.38. The normalized spacial score (nSPS) is 23.6. The first kappa shape index (κ1) is 18.5. The Morgan fingerprint density at radius 2 is 1.74 bits per heavy atom. The number of ether oxygens (including phenoxy) is 2. The Balaban J connectivity index is 0.000000960. The van der Waals surface area contributed by atoms with Gasteiger partial charge >= 0.3 is 6.29 Å². The lowest BCUT2D eigenvalue weighted by Gasteiger charge is -2.35. The topological polar surface area (TPSA) is 33.7 Å². The summed E-state index contributed by atoms with van der Waals surface area (Å²) < 4.78 is 35.3. The average Bonchev–Trinajstić information content (AvgIpc) is 3.22. The van der Waals surface area contributed by atoms with Gasteiger partial charge in [0.05, 0.1) is 0 Å². The van der Waals surface area contributed by atoms with E-state index in [-0.39, 0.29) is 36.3 Å². The van der Waals surface area contributed by atoms with Crippen LogP contribution in [0.1, 0.15) is 24.4 Å². The fourth-order valence-electron chi connectivity index (χ4n) is 3.30. The van der Waals surface area contributed by atoms with Gasteiger partial charge in [-0.05, 0) is 36.5 Å². The molecule has 0 radical (unpaired) electrons. The van der Waals surface area contributed by atoms with Crippen molar-refractivity contribution in [3.8, 4) is 11.5 Å². The molecule has 0 unspecified atom stereocenters. The summed E-state index contributed by atoms with van der Waals surface area (Å²) in [6.07, 6.45) is -1.12. The van der Waals surface area contributed by atoms with Gasteiger partial charge in [0.2, 0.25) is 0 Å². The van der Waals surface area contributed by atoms with Gasteiger partial charge in [0.15, 0.2) is 11.5 Å². The fourth-order valence-corrected chi connectivity index (χ4v) is 3.30. The second-order valence-electron chi connectivity index (χ2n) is 5.94. The van der Waals surface area contributed by atoms with Gasteiger partial charge < -0.3 is 14.8 Å². The summed E-state index contributed by atoms with van der Waals surface area (Å²) in [5.41, 5.74) is 1.06. The molecule has 8 heteroatoms. The molecule has 0 aromatic heterocycles. The van der Waals surface area contributed by atoms with Crippen LogP contribution in [-0.4, -0.2) is 37.4 Å². The van der Waals surface area contributed by atoms with Crippen molar-refractivity contribution in [2.24, 2.45) is 5.92 Å². The molecule has 1 aromatic rings. The monoisotopic (exact) mass is 368 g/mol. The van der Waals surface area contributed by atoms with Crippen LogP contribution in [0, 0.1) is 5.92 Å². The number of hydrogen-bond acceptors (Lipinski definition) is 4. The van der Waals surface area contributed by atoms with Gasteiger partial charge in [0, 0.05) is 32.2 Å². The first-order valence-electron chi connectivity index (χ1n) is 7.47. The number of nitrogens with zero attached hydrogens (tertiary/aromatic N) is 1. The summed E-state index contributed by atoms with van der Waals surface area (Å²) in [7, 11) is 0. The summed E-state index contributed by atoms with van der Waals surface area (Å²) >= 11 is 0. The van der Waals surface area contributed by atoms with E-state index in [0.717, 1.165) is 31.7 Å². The van der Waals surface area contributed by atoms with Crippen molar-refractivity contribution >= 4 is 24.8 Å². The number of fused-ring (bicyclic) bond motifs is 1. The molecule has 0 amide bonds. The maximum Gasteiger partial charge on any atom is 0.586 e. The number of piperazine rings is 1. The standard InChI is InChI=1S/C15H18F2N2O2.2ClH/c16-15(17)20-12-4-3-11(9-13(12)21-15)14(10-1-2-10)19-7-5-18-6-8-19;;/h3-4,9-10,14,18H,1-2,5-8H2;2*1H/t14-;;/m1../s1. The number of hydrogen-bond donors (Lipinski definition) is 1. The highest BCUT2D eigenvalue weighted by atomic mass is 35.5. The quantitative estimate of drug-likeness (QED) is 0.887. The average molecular weight is 369 g/mol. The third kappa shape index (κ3) is 3.82. The van der Waals surface area contributed by atoms with Crippen LogP contribution in [0.4, 0.5) is 8.78 Å². The van der Waals surface area contributed by atoms with Crippen LogP contribution in [-0.2, 0) is 0 Å². The van der Waals surface area contributed by atoms with E-state index in [0.29, 0.717) is 12.0 Å². The molecule has 1 saturated carbocycles. The Bertz CT molecular complexity index is 552. The molecule has 1 aliphatic carbocycles. The van der Waals surface area contributed by atoms with E-state index in [1.807, 2.05) is 6.07 Å². The minimum Gasteiger partial charge on any atom is -0.395 e. The maximum atomic E-state index is 13.1. The highest BCUT2D eigenvalue weighted by Gasteiger charge is 2.44. The number of alkyl halides is 2. The van der Waals surface area contributed by atoms with Gasteiger partial charge in [-0.25, -0.2) is 0 Å². The first-order valence-corrected chi connectivity index (χ1v) is 7.47. The van der Waals surface area contributed by atoms with Crippen LogP contribution in [0.15, 0.2) is 18.2 Å². The van der Waals surface area contributed by atoms with Gasteiger partial charge in [-0.15, -0.1) is 33.6 Å². The van der Waals surface area contributed by atoms with Crippen molar-refractivity contribution in [2.75, 3.05) is 26.2 Å². The molecule has 0 bridgehead atoms. The molecule has 1 saturated heterocycles. The van der Waals surface area contributed by atoms with Gasteiger partial charge in [0.25, 0.3) is 0 Å².